The quantitative estimate of drug-likeness (QED) is 0.497. The Hall–Kier alpha value is -2.25. The minimum atomic E-state index is -0.534. The van der Waals surface area contributed by atoms with E-state index in [-0.39, 0.29) is 11.8 Å². The number of furan rings is 1. The Morgan fingerprint density at radius 3 is 2.59 bits per heavy atom. The van der Waals surface area contributed by atoms with Crippen LogP contribution in [0.1, 0.15) is 35.6 Å². The van der Waals surface area contributed by atoms with Crippen molar-refractivity contribution in [1.82, 2.24) is 5.01 Å². The molecule has 0 saturated heterocycles. The highest BCUT2D eigenvalue weighted by molar-refractivity contribution is 9.10. The van der Waals surface area contributed by atoms with Gasteiger partial charge in [-0.2, -0.15) is 5.10 Å². The van der Waals surface area contributed by atoms with Gasteiger partial charge in [-0.15, -0.1) is 0 Å². The lowest BCUT2D eigenvalue weighted by Crippen LogP contribution is -2.33. The van der Waals surface area contributed by atoms with E-state index >= 15 is 0 Å². The second kappa shape index (κ2) is 6.42. The van der Waals surface area contributed by atoms with Crippen molar-refractivity contribution in [2.75, 3.05) is 0 Å². The van der Waals surface area contributed by atoms with E-state index in [4.69, 9.17) is 14.3 Å². The third kappa shape index (κ3) is 2.85. The SMILES string of the molecule is Oc1ccc(Br)cc1[C@@H]1Oc2ccc(Br)cc2[C@H]2CC(c3ccco3)=NN21. The molecule has 136 valence electrons. The van der Waals surface area contributed by atoms with E-state index in [0.29, 0.717) is 12.0 Å². The summed E-state index contributed by atoms with van der Waals surface area (Å²) in [4.78, 5) is 0. The van der Waals surface area contributed by atoms with Gasteiger partial charge in [0.1, 0.15) is 23.0 Å². The predicted octanol–water partition coefficient (Wildman–Crippen LogP) is 5.75. The van der Waals surface area contributed by atoms with Gasteiger partial charge in [-0.25, -0.2) is 5.01 Å². The summed E-state index contributed by atoms with van der Waals surface area (Å²) in [5.41, 5.74) is 2.58. The Labute approximate surface area is 172 Å². The molecule has 2 atom stereocenters. The van der Waals surface area contributed by atoms with E-state index in [1.165, 1.54) is 0 Å². The molecule has 0 bridgehead atoms. The number of hydrogen-bond acceptors (Lipinski definition) is 5. The number of rotatable bonds is 2. The summed E-state index contributed by atoms with van der Waals surface area (Å²) in [5.74, 6) is 1.71. The molecule has 3 heterocycles. The Balaban J connectivity index is 1.65. The highest BCUT2D eigenvalue weighted by atomic mass is 79.9. The van der Waals surface area contributed by atoms with Gasteiger partial charge in [0, 0.05) is 20.9 Å². The van der Waals surface area contributed by atoms with Gasteiger partial charge < -0.3 is 14.3 Å². The number of nitrogens with zero attached hydrogens (tertiary/aromatic N) is 2. The number of phenolic OH excluding ortho intramolecular Hbond substituents is 1. The van der Waals surface area contributed by atoms with Gasteiger partial charge in [-0.1, -0.05) is 31.9 Å². The maximum Gasteiger partial charge on any atom is 0.217 e. The van der Waals surface area contributed by atoms with Crippen molar-refractivity contribution >= 4 is 37.6 Å². The maximum absolute atomic E-state index is 10.4. The second-order valence-corrected chi connectivity index (χ2v) is 8.31. The molecule has 0 amide bonds. The van der Waals surface area contributed by atoms with Gasteiger partial charge in [0.25, 0.3) is 0 Å². The molecule has 0 unspecified atom stereocenters. The third-order valence-electron chi connectivity index (χ3n) is 4.81. The van der Waals surface area contributed by atoms with Crippen LogP contribution in [0.4, 0.5) is 0 Å². The van der Waals surface area contributed by atoms with Crippen LogP contribution in [0.15, 0.2) is 73.3 Å². The fourth-order valence-electron chi connectivity index (χ4n) is 3.58. The second-order valence-electron chi connectivity index (χ2n) is 6.48. The zero-order chi connectivity index (χ0) is 18.5. The molecule has 2 aliphatic rings. The minimum absolute atomic E-state index is 0.00488. The number of fused-ring (bicyclic) bond motifs is 3. The van der Waals surface area contributed by atoms with E-state index in [2.05, 4.69) is 37.9 Å². The molecule has 2 aromatic carbocycles. The van der Waals surface area contributed by atoms with Gasteiger partial charge >= 0.3 is 0 Å². The summed E-state index contributed by atoms with van der Waals surface area (Å²) in [6.45, 7) is 0. The summed E-state index contributed by atoms with van der Waals surface area (Å²) in [5, 5.41) is 17.2. The Kier molecular flexibility index (Phi) is 4.02. The van der Waals surface area contributed by atoms with Crippen molar-refractivity contribution in [1.29, 1.82) is 0 Å². The molecule has 0 fully saturated rings. The first-order chi connectivity index (χ1) is 13.1. The molecule has 0 spiro atoms. The van der Waals surface area contributed by atoms with E-state index in [0.717, 1.165) is 31.7 Å². The molecule has 5 nitrogen and oxygen atoms in total. The molecule has 0 radical (unpaired) electrons. The lowest BCUT2D eigenvalue weighted by molar-refractivity contribution is -0.0204. The van der Waals surface area contributed by atoms with Gasteiger partial charge in [-0.3, -0.25) is 0 Å². The van der Waals surface area contributed by atoms with Gasteiger partial charge in [0.15, 0.2) is 0 Å². The van der Waals surface area contributed by atoms with E-state index in [9.17, 15) is 5.11 Å². The Bertz CT molecular complexity index is 1050. The molecule has 1 N–H and O–H groups in total. The lowest BCUT2D eigenvalue weighted by atomic mass is 9.97. The molecule has 7 heteroatoms. The van der Waals surface area contributed by atoms with Gasteiger partial charge in [0.2, 0.25) is 6.23 Å². The topological polar surface area (TPSA) is 58.2 Å². The number of benzene rings is 2. The number of halogens is 2. The molecule has 2 aliphatic heterocycles. The number of hydrazone groups is 1. The molecule has 3 aromatic rings. The summed E-state index contributed by atoms with van der Waals surface area (Å²) in [7, 11) is 0. The average Bonchev–Trinajstić information content (AvgIpc) is 3.32. The van der Waals surface area contributed by atoms with Crippen LogP contribution in [0, 0.1) is 0 Å². The normalized spacial score (nSPS) is 20.7. The summed E-state index contributed by atoms with van der Waals surface area (Å²) >= 11 is 7.02. The number of phenols is 1. The fraction of sp³-hybridized carbons (Fsp3) is 0.150. The van der Waals surface area contributed by atoms with E-state index in [1.807, 2.05) is 35.3 Å². The van der Waals surface area contributed by atoms with Crippen LogP contribution in [-0.2, 0) is 0 Å². The Morgan fingerprint density at radius 2 is 1.81 bits per heavy atom. The molecule has 1 aromatic heterocycles. The van der Waals surface area contributed by atoms with Gasteiger partial charge in [0.05, 0.1) is 17.9 Å². The third-order valence-corrected chi connectivity index (χ3v) is 5.80. The fourth-order valence-corrected chi connectivity index (χ4v) is 4.34. The van der Waals surface area contributed by atoms with Crippen LogP contribution in [-0.4, -0.2) is 15.8 Å². The average molecular weight is 490 g/mol. The van der Waals surface area contributed by atoms with Crippen molar-refractivity contribution in [3.63, 3.8) is 0 Å². The van der Waals surface area contributed by atoms with Crippen molar-refractivity contribution in [3.05, 3.63) is 80.6 Å². The minimum Gasteiger partial charge on any atom is -0.507 e. The first-order valence-electron chi connectivity index (χ1n) is 8.44. The molecular formula is C20H14Br2N2O3. The summed E-state index contributed by atoms with van der Waals surface area (Å²) in [6, 6.07) is 15.0. The number of hydrogen-bond donors (Lipinski definition) is 1. The summed E-state index contributed by atoms with van der Waals surface area (Å²) < 4.78 is 13.7. The van der Waals surface area contributed by atoms with Crippen LogP contribution in [0.2, 0.25) is 0 Å². The molecule has 0 saturated carbocycles. The van der Waals surface area contributed by atoms with Crippen molar-refractivity contribution in [2.45, 2.75) is 18.7 Å². The largest absolute Gasteiger partial charge is 0.507 e. The van der Waals surface area contributed by atoms with Crippen LogP contribution < -0.4 is 4.74 Å². The maximum atomic E-state index is 10.4. The first-order valence-corrected chi connectivity index (χ1v) is 10.0. The highest BCUT2D eigenvalue weighted by Crippen LogP contribution is 2.49. The van der Waals surface area contributed by atoms with Crippen molar-refractivity contribution in [3.8, 4) is 11.5 Å². The molecule has 5 rings (SSSR count). The monoisotopic (exact) mass is 488 g/mol. The first kappa shape index (κ1) is 16.9. The van der Waals surface area contributed by atoms with E-state index < -0.39 is 6.23 Å². The number of aromatic hydroxyl groups is 1. The van der Waals surface area contributed by atoms with Crippen LogP contribution >= 0.6 is 31.9 Å². The molecular weight excluding hydrogens is 476 g/mol. The lowest BCUT2D eigenvalue weighted by Gasteiger charge is -2.38. The zero-order valence-corrected chi connectivity index (χ0v) is 17.1. The van der Waals surface area contributed by atoms with Gasteiger partial charge in [-0.05, 0) is 48.5 Å². The summed E-state index contributed by atoms with van der Waals surface area (Å²) in [6.07, 6.45) is 1.81. The van der Waals surface area contributed by atoms with Crippen LogP contribution in [0.5, 0.6) is 11.5 Å². The van der Waals surface area contributed by atoms with Crippen LogP contribution in [0.25, 0.3) is 0 Å². The van der Waals surface area contributed by atoms with Crippen LogP contribution in [0.3, 0.4) is 0 Å². The predicted molar refractivity (Wildman–Crippen MR) is 108 cm³/mol. The number of ether oxygens (including phenoxy) is 1. The van der Waals surface area contributed by atoms with E-state index in [1.54, 1.807) is 18.4 Å². The Morgan fingerprint density at radius 1 is 1.04 bits per heavy atom. The standard InChI is InChI=1S/C20H14Br2N2O3/c21-11-3-5-17(25)14(9-11)20-24-16(10-15(23-24)19-2-1-7-26-19)13-8-12(22)4-6-18(13)27-20/h1-9,16,20,25H,10H2/t16-,20+/m1/s1. The highest BCUT2D eigenvalue weighted by Gasteiger charge is 2.42. The van der Waals surface area contributed by atoms with Crippen molar-refractivity contribution in [2.24, 2.45) is 5.10 Å². The van der Waals surface area contributed by atoms with Crippen molar-refractivity contribution < 1.29 is 14.3 Å². The smallest absolute Gasteiger partial charge is 0.217 e. The molecule has 0 aliphatic carbocycles. The zero-order valence-electron chi connectivity index (χ0n) is 14.0. The molecule has 27 heavy (non-hydrogen) atoms.